The van der Waals surface area contributed by atoms with Crippen LogP contribution in [0.15, 0.2) is 35.0 Å². The van der Waals surface area contributed by atoms with Crippen LogP contribution in [0.1, 0.15) is 39.7 Å². The number of nitrogens with one attached hydrogen (secondary N) is 1. The Morgan fingerprint density at radius 3 is 2.72 bits per heavy atom. The molecule has 0 bridgehead atoms. The van der Waals surface area contributed by atoms with E-state index in [0.717, 1.165) is 40.4 Å². The van der Waals surface area contributed by atoms with Gasteiger partial charge in [0.05, 0.1) is 21.8 Å². The molecule has 1 aromatic carbocycles. The number of thioether (sulfide) groups is 1. The molecule has 0 fully saturated rings. The van der Waals surface area contributed by atoms with Crippen LogP contribution in [0.25, 0.3) is 16.6 Å². The van der Waals surface area contributed by atoms with Gasteiger partial charge in [0.1, 0.15) is 0 Å². The molecule has 0 saturated carbocycles. The van der Waals surface area contributed by atoms with Gasteiger partial charge in [0.25, 0.3) is 0 Å². The predicted molar refractivity (Wildman–Crippen MR) is 106 cm³/mol. The van der Waals surface area contributed by atoms with Crippen LogP contribution in [0, 0.1) is 5.92 Å². The third-order valence-corrected chi connectivity index (χ3v) is 4.83. The summed E-state index contributed by atoms with van der Waals surface area (Å²) in [6.45, 7) is 8.57. The van der Waals surface area contributed by atoms with E-state index in [1.54, 1.807) is 0 Å². The summed E-state index contributed by atoms with van der Waals surface area (Å²) in [6.07, 6.45) is 5.28. The van der Waals surface area contributed by atoms with Gasteiger partial charge in [-0.25, -0.2) is 4.98 Å². The molecule has 0 atom stereocenters. The molecule has 0 aliphatic heterocycles. The number of aliphatic carboxylic acids is 1. The number of carbonyl (C=O) groups is 1. The molecule has 0 spiro atoms. The van der Waals surface area contributed by atoms with Gasteiger partial charge in [-0.3, -0.25) is 4.79 Å². The smallest absolute Gasteiger partial charge is 0.313 e. The number of benzene rings is 1. The standard InChI is InChI=1S/C19H23ClN2O2S/c1-11(2)7-12(3)5-6-13(4)14-8-16-17(9-15(14)20)22-19(21-16)25-10-18(23)24/h5-6,8-9,11H,7,10H2,1-4H3,(H,21,22)(H,23,24)/b12-5?,13-6+. The lowest BCUT2D eigenvalue weighted by Crippen LogP contribution is -1.97. The van der Waals surface area contributed by atoms with Gasteiger partial charge in [0.15, 0.2) is 5.16 Å². The van der Waals surface area contributed by atoms with E-state index in [9.17, 15) is 4.79 Å². The average Bonchev–Trinajstić information content (AvgIpc) is 2.90. The lowest BCUT2D eigenvalue weighted by atomic mass is 10.0. The van der Waals surface area contributed by atoms with Crippen molar-refractivity contribution in [3.8, 4) is 0 Å². The van der Waals surface area contributed by atoms with Crippen molar-refractivity contribution in [3.05, 3.63) is 40.4 Å². The number of carboxylic acids is 1. The summed E-state index contributed by atoms with van der Waals surface area (Å²) < 4.78 is 0. The predicted octanol–water partition coefficient (Wildman–Crippen LogP) is 5.79. The largest absolute Gasteiger partial charge is 0.481 e. The molecule has 0 radical (unpaired) electrons. The maximum absolute atomic E-state index is 10.7. The Labute approximate surface area is 157 Å². The number of halogens is 1. The van der Waals surface area contributed by atoms with Gasteiger partial charge in [-0.2, -0.15) is 0 Å². The van der Waals surface area contributed by atoms with Crippen LogP contribution in [0.5, 0.6) is 0 Å². The molecule has 1 heterocycles. The first kappa shape index (κ1) is 19.6. The van der Waals surface area contributed by atoms with Crippen molar-refractivity contribution in [1.29, 1.82) is 0 Å². The minimum absolute atomic E-state index is 0.0285. The second kappa shape index (κ2) is 8.59. The fraction of sp³-hybridized carbons (Fsp3) is 0.368. The van der Waals surface area contributed by atoms with Gasteiger partial charge in [-0.15, -0.1) is 0 Å². The highest BCUT2D eigenvalue weighted by Gasteiger charge is 2.10. The normalized spacial score (nSPS) is 13.0. The topological polar surface area (TPSA) is 66.0 Å². The Hall–Kier alpha value is -1.72. The van der Waals surface area contributed by atoms with Crippen LogP contribution in [-0.2, 0) is 4.79 Å². The molecule has 2 N–H and O–H groups in total. The molecule has 0 saturated heterocycles. The number of hydrogen-bond donors (Lipinski definition) is 2. The number of H-pyrrole nitrogens is 1. The quantitative estimate of drug-likeness (QED) is 0.472. The zero-order valence-corrected chi connectivity index (χ0v) is 16.5. The molecule has 0 aliphatic rings. The first-order valence-corrected chi connectivity index (χ1v) is 9.51. The van der Waals surface area contributed by atoms with E-state index < -0.39 is 5.97 Å². The summed E-state index contributed by atoms with van der Waals surface area (Å²) in [6, 6.07) is 3.78. The Morgan fingerprint density at radius 2 is 2.08 bits per heavy atom. The Kier molecular flexibility index (Phi) is 6.73. The van der Waals surface area contributed by atoms with Crippen molar-refractivity contribution in [2.24, 2.45) is 5.92 Å². The van der Waals surface area contributed by atoms with Gasteiger partial charge in [-0.05, 0) is 49.5 Å². The van der Waals surface area contributed by atoms with E-state index in [4.69, 9.17) is 16.7 Å². The molecule has 0 unspecified atom stereocenters. The van der Waals surface area contributed by atoms with Gasteiger partial charge < -0.3 is 10.1 Å². The Balaban J connectivity index is 2.28. The third kappa shape index (κ3) is 5.65. The average molecular weight is 379 g/mol. The van der Waals surface area contributed by atoms with Crippen LogP contribution in [0.3, 0.4) is 0 Å². The van der Waals surface area contributed by atoms with Crippen molar-refractivity contribution in [1.82, 2.24) is 9.97 Å². The van der Waals surface area contributed by atoms with Crippen LogP contribution >= 0.6 is 23.4 Å². The van der Waals surface area contributed by atoms with Gasteiger partial charge in [-0.1, -0.05) is 54.9 Å². The molecular weight excluding hydrogens is 356 g/mol. The monoisotopic (exact) mass is 378 g/mol. The minimum atomic E-state index is -0.869. The number of carboxylic acid groups (broad SMARTS) is 1. The van der Waals surface area contributed by atoms with Crippen molar-refractivity contribution >= 4 is 45.9 Å². The highest BCUT2D eigenvalue weighted by molar-refractivity contribution is 7.99. The van der Waals surface area contributed by atoms with E-state index in [1.165, 1.54) is 5.57 Å². The highest BCUT2D eigenvalue weighted by atomic mass is 35.5. The van der Waals surface area contributed by atoms with E-state index in [0.29, 0.717) is 16.1 Å². The van der Waals surface area contributed by atoms with E-state index in [1.807, 2.05) is 19.1 Å². The number of nitrogens with zero attached hydrogens (tertiary/aromatic N) is 1. The van der Waals surface area contributed by atoms with Crippen LogP contribution in [0.2, 0.25) is 5.02 Å². The number of fused-ring (bicyclic) bond motifs is 1. The van der Waals surface area contributed by atoms with E-state index in [2.05, 4.69) is 42.9 Å². The number of aromatic nitrogens is 2. The third-order valence-electron chi connectivity index (χ3n) is 3.65. The Bertz CT molecular complexity index is 837. The van der Waals surface area contributed by atoms with Crippen molar-refractivity contribution in [3.63, 3.8) is 0 Å². The summed E-state index contributed by atoms with van der Waals surface area (Å²) in [5, 5.41) is 10.0. The zero-order chi connectivity index (χ0) is 18.6. The van der Waals surface area contributed by atoms with Crippen LogP contribution in [-0.4, -0.2) is 26.8 Å². The molecule has 2 rings (SSSR count). The van der Waals surface area contributed by atoms with Crippen molar-refractivity contribution in [2.45, 2.75) is 39.3 Å². The number of rotatable bonds is 7. The second-order valence-corrected chi connectivity index (χ2v) is 7.91. The van der Waals surface area contributed by atoms with Crippen molar-refractivity contribution < 1.29 is 9.90 Å². The Morgan fingerprint density at radius 1 is 1.36 bits per heavy atom. The lowest BCUT2D eigenvalue weighted by Gasteiger charge is -2.06. The molecular formula is C19H23ClN2O2S. The van der Waals surface area contributed by atoms with Gasteiger partial charge >= 0.3 is 5.97 Å². The number of imidazole rings is 1. The minimum Gasteiger partial charge on any atom is -0.481 e. The summed E-state index contributed by atoms with van der Waals surface area (Å²) in [5.74, 6) is -0.263. The zero-order valence-electron chi connectivity index (χ0n) is 14.9. The molecule has 25 heavy (non-hydrogen) atoms. The number of allylic oxidation sites excluding steroid dienone is 4. The summed E-state index contributed by atoms with van der Waals surface area (Å²) in [5.41, 5.74) is 4.92. The van der Waals surface area contributed by atoms with Crippen molar-refractivity contribution in [2.75, 3.05) is 5.75 Å². The number of hydrogen-bond acceptors (Lipinski definition) is 3. The van der Waals surface area contributed by atoms with E-state index >= 15 is 0 Å². The molecule has 6 heteroatoms. The summed E-state index contributed by atoms with van der Waals surface area (Å²) >= 11 is 7.59. The lowest BCUT2D eigenvalue weighted by molar-refractivity contribution is -0.133. The van der Waals surface area contributed by atoms with Gasteiger partial charge in [0, 0.05) is 0 Å². The summed E-state index contributed by atoms with van der Waals surface area (Å²) in [7, 11) is 0. The van der Waals surface area contributed by atoms with Crippen LogP contribution < -0.4 is 0 Å². The molecule has 0 aliphatic carbocycles. The highest BCUT2D eigenvalue weighted by Crippen LogP contribution is 2.30. The molecule has 2 aromatic rings. The second-order valence-electron chi connectivity index (χ2n) is 6.53. The SMILES string of the molecule is CC(=C/C=C(\C)c1cc2nc(SCC(=O)O)[nH]c2cc1Cl)CC(C)C. The van der Waals surface area contributed by atoms with Gasteiger partial charge in [0.2, 0.25) is 0 Å². The molecule has 1 aromatic heterocycles. The molecule has 134 valence electrons. The van der Waals surface area contributed by atoms with Crippen LogP contribution in [0.4, 0.5) is 0 Å². The molecule has 4 nitrogen and oxygen atoms in total. The van der Waals surface area contributed by atoms with E-state index in [-0.39, 0.29) is 5.75 Å². The first-order chi connectivity index (χ1) is 11.8. The maximum atomic E-state index is 10.7. The maximum Gasteiger partial charge on any atom is 0.313 e. The number of aromatic amines is 1. The first-order valence-electron chi connectivity index (χ1n) is 8.14. The summed E-state index contributed by atoms with van der Waals surface area (Å²) in [4.78, 5) is 18.2. The fourth-order valence-electron chi connectivity index (χ4n) is 2.58. The molecule has 0 amide bonds. The fourth-order valence-corrected chi connectivity index (χ4v) is 3.49.